The highest BCUT2D eigenvalue weighted by Crippen LogP contribution is 2.51. The molecule has 0 amide bonds. The number of benzene rings is 2. The molecule has 2 aromatic carbocycles. The standard InChI is InChI=1S/C30H28ClF3N6O3S/c1-14-11-39(7-8-41)28-21-24(37-29(38-28)42-13-30-5-2-6-40(30)12-15(32)9-30)23(34)20(22(31)25(21)43-14)16-3-4-18(33)26-19(16)17(10-35)27(36)44-26/h3-4,14-15,41H,2,5-9,11-13,36H2,1H3/t14-,15+,30-/m0/s1. The van der Waals surface area contributed by atoms with Gasteiger partial charge in [0, 0.05) is 30.5 Å². The van der Waals surface area contributed by atoms with Crippen LogP contribution < -0.4 is 20.1 Å². The fourth-order valence-corrected chi connectivity index (χ4v) is 8.26. The van der Waals surface area contributed by atoms with Crippen LogP contribution >= 0.6 is 22.9 Å². The van der Waals surface area contributed by atoms with Crippen LogP contribution in [0.3, 0.4) is 0 Å². The Bertz CT molecular complexity index is 1870. The highest BCUT2D eigenvalue weighted by Gasteiger charge is 2.49. The number of anilines is 2. The maximum Gasteiger partial charge on any atom is 0.319 e. The largest absolute Gasteiger partial charge is 0.486 e. The van der Waals surface area contributed by atoms with Crippen molar-refractivity contribution in [1.82, 2.24) is 14.9 Å². The number of alkyl halides is 1. The second-order valence-corrected chi connectivity index (χ2v) is 13.0. The third-order valence-electron chi connectivity index (χ3n) is 8.84. The number of β-amino-alcohol motifs (C(OH)–C–C–N with tert-alkyl or cyclic N) is 1. The Balaban J connectivity index is 1.46. The van der Waals surface area contributed by atoms with Crippen molar-refractivity contribution in [3.05, 3.63) is 34.4 Å². The van der Waals surface area contributed by atoms with E-state index in [1.54, 1.807) is 11.8 Å². The summed E-state index contributed by atoms with van der Waals surface area (Å²) in [5.74, 6) is -1.08. The number of thiophene rings is 1. The van der Waals surface area contributed by atoms with Crippen molar-refractivity contribution in [1.29, 1.82) is 5.26 Å². The van der Waals surface area contributed by atoms with Crippen molar-refractivity contribution >= 4 is 54.7 Å². The number of hydrogen-bond donors (Lipinski definition) is 2. The predicted molar refractivity (Wildman–Crippen MR) is 162 cm³/mol. The number of fused-ring (bicyclic) bond motifs is 2. The Labute approximate surface area is 259 Å². The molecule has 0 saturated carbocycles. The van der Waals surface area contributed by atoms with Crippen molar-refractivity contribution < 1.29 is 27.8 Å². The van der Waals surface area contributed by atoms with Crippen molar-refractivity contribution in [2.75, 3.05) is 50.0 Å². The van der Waals surface area contributed by atoms with E-state index in [0.717, 1.165) is 30.7 Å². The number of nitrogens with zero attached hydrogens (tertiary/aromatic N) is 5. The highest BCUT2D eigenvalue weighted by atomic mass is 35.5. The summed E-state index contributed by atoms with van der Waals surface area (Å²) < 4.78 is 58.7. The van der Waals surface area contributed by atoms with Gasteiger partial charge >= 0.3 is 6.01 Å². The average Bonchev–Trinajstić information content (AvgIpc) is 3.60. The molecule has 3 N–H and O–H groups in total. The lowest BCUT2D eigenvalue weighted by atomic mass is 9.95. The highest BCUT2D eigenvalue weighted by molar-refractivity contribution is 7.23. The van der Waals surface area contributed by atoms with E-state index in [-0.39, 0.29) is 91.6 Å². The van der Waals surface area contributed by atoms with Crippen molar-refractivity contribution in [2.45, 2.75) is 44.0 Å². The van der Waals surface area contributed by atoms with Gasteiger partial charge in [-0.3, -0.25) is 4.90 Å². The van der Waals surface area contributed by atoms with E-state index < -0.39 is 29.4 Å². The fraction of sp³-hybridized carbons (Fsp3) is 0.433. The summed E-state index contributed by atoms with van der Waals surface area (Å²) in [7, 11) is 0. The fourth-order valence-electron chi connectivity index (χ4n) is 6.98. The number of ether oxygens (including phenoxy) is 2. The molecule has 2 saturated heterocycles. The van der Waals surface area contributed by atoms with Gasteiger partial charge in [0.25, 0.3) is 0 Å². The number of hydrogen-bond acceptors (Lipinski definition) is 10. The summed E-state index contributed by atoms with van der Waals surface area (Å²) in [4.78, 5) is 13.0. The summed E-state index contributed by atoms with van der Waals surface area (Å²) in [6, 6.07) is 4.41. The van der Waals surface area contributed by atoms with Crippen LogP contribution in [-0.4, -0.2) is 77.2 Å². The van der Waals surface area contributed by atoms with Crippen LogP contribution in [0, 0.1) is 23.0 Å². The molecule has 3 atom stereocenters. The van der Waals surface area contributed by atoms with E-state index in [2.05, 4.69) is 14.9 Å². The van der Waals surface area contributed by atoms with Gasteiger partial charge in [-0.25, -0.2) is 13.2 Å². The Hall–Kier alpha value is -3.57. The molecule has 9 nitrogen and oxygen atoms in total. The molecule has 7 rings (SSSR count). The van der Waals surface area contributed by atoms with E-state index in [9.17, 15) is 19.1 Å². The number of nitrogens with two attached hydrogens (primary N) is 1. The second-order valence-electron chi connectivity index (χ2n) is 11.6. The smallest absolute Gasteiger partial charge is 0.319 e. The normalized spacial score (nSPS) is 23.2. The van der Waals surface area contributed by atoms with Crippen molar-refractivity contribution in [3.8, 4) is 29.0 Å². The van der Waals surface area contributed by atoms with Gasteiger partial charge in [-0.1, -0.05) is 17.7 Å². The summed E-state index contributed by atoms with van der Waals surface area (Å²) in [6.45, 7) is 3.29. The molecule has 0 spiro atoms. The molecule has 0 unspecified atom stereocenters. The second kappa shape index (κ2) is 10.8. The van der Waals surface area contributed by atoms with E-state index in [1.807, 2.05) is 6.07 Å². The summed E-state index contributed by atoms with van der Waals surface area (Å²) >= 11 is 7.83. The van der Waals surface area contributed by atoms with E-state index in [4.69, 9.17) is 26.8 Å². The first-order valence-corrected chi connectivity index (χ1v) is 15.5. The van der Waals surface area contributed by atoms with E-state index in [1.165, 1.54) is 12.1 Å². The topological polar surface area (TPSA) is 121 Å². The lowest BCUT2D eigenvalue weighted by Gasteiger charge is -2.31. The quantitative estimate of drug-likeness (QED) is 0.283. The molecule has 3 aliphatic rings. The van der Waals surface area contributed by atoms with Gasteiger partial charge in [-0.15, -0.1) is 11.3 Å². The van der Waals surface area contributed by atoms with Crippen molar-refractivity contribution in [3.63, 3.8) is 0 Å². The number of aliphatic hydroxyl groups is 1. The maximum atomic E-state index is 16.9. The van der Waals surface area contributed by atoms with Crippen LogP contribution in [-0.2, 0) is 0 Å². The molecule has 3 aliphatic heterocycles. The van der Waals surface area contributed by atoms with Crippen LogP contribution in [0.25, 0.3) is 32.1 Å². The Morgan fingerprint density at radius 2 is 2.11 bits per heavy atom. The van der Waals surface area contributed by atoms with Crippen LogP contribution in [0.5, 0.6) is 11.8 Å². The van der Waals surface area contributed by atoms with Gasteiger partial charge in [0.15, 0.2) is 11.6 Å². The minimum atomic E-state index is -0.957. The van der Waals surface area contributed by atoms with Crippen molar-refractivity contribution in [2.24, 2.45) is 0 Å². The predicted octanol–water partition coefficient (Wildman–Crippen LogP) is 5.43. The zero-order chi connectivity index (χ0) is 30.9. The lowest BCUT2D eigenvalue weighted by Crippen LogP contribution is -2.43. The number of nitrogen functional groups attached to an aromatic ring is 1. The number of aliphatic hydroxyl groups excluding tert-OH is 1. The Morgan fingerprint density at radius 1 is 1.30 bits per heavy atom. The van der Waals surface area contributed by atoms with Crippen LogP contribution in [0.2, 0.25) is 5.02 Å². The average molecular weight is 645 g/mol. The van der Waals surface area contributed by atoms with Crippen LogP contribution in [0.15, 0.2) is 12.1 Å². The number of aromatic nitrogens is 2. The van der Waals surface area contributed by atoms with Crippen LogP contribution in [0.4, 0.5) is 24.0 Å². The Morgan fingerprint density at radius 3 is 2.89 bits per heavy atom. The third kappa shape index (κ3) is 4.42. The molecule has 4 aromatic rings. The monoisotopic (exact) mass is 644 g/mol. The zero-order valence-electron chi connectivity index (χ0n) is 23.7. The molecule has 0 aliphatic carbocycles. The van der Waals surface area contributed by atoms with Gasteiger partial charge in [-0.05, 0) is 37.9 Å². The molecule has 230 valence electrons. The summed E-state index contributed by atoms with van der Waals surface area (Å²) in [5.41, 5.74) is 5.43. The van der Waals surface area contributed by atoms with Crippen LogP contribution in [0.1, 0.15) is 31.7 Å². The molecule has 14 heteroatoms. The SMILES string of the molecule is C[C@H]1CN(CCO)c2nc(OC[C@@]34CCCN3C[C@H](F)C4)nc3c(F)c(-c4ccc(F)c5sc(N)c(C#N)c45)c(Cl)c(c23)O1. The molecule has 44 heavy (non-hydrogen) atoms. The molecular formula is C30H28ClF3N6O3S. The van der Waals surface area contributed by atoms with E-state index >= 15 is 4.39 Å². The van der Waals surface area contributed by atoms with Gasteiger partial charge < -0.3 is 25.2 Å². The maximum absolute atomic E-state index is 16.9. The number of rotatable bonds is 6. The summed E-state index contributed by atoms with van der Waals surface area (Å²) in [5, 5.41) is 20.0. The molecule has 2 aromatic heterocycles. The first-order chi connectivity index (χ1) is 21.2. The van der Waals surface area contributed by atoms with E-state index in [0.29, 0.717) is 13.0 Å². The lowest BCUT2D eigenvalue weighted by molar-refractivity contribution is 0.107. The van der Waals surface area contributed by atoms with Gasteiger partial charge in [-0.2, -0.15) is 15.2 Å². The molecular weight excluding hydrogens is 617 g/mol. The molecule has 0 bridgehead atoms. The molecule has 0 radical (unpaired) electrons. The minimum absolute atomic E-state index is 0.0137. The summed E-state index contributed by atoms with van der Waals surface area (Å²) in [6.07, 6.45) is 0.591. The first kappa shape index (κ1) is 29.2. The van der Waals surface area contributed by atoms with Gasteiger partial charge in [0.2, 0.25) is 0 Å². The molecule has 2 fully saturated rings. The number of halogens is 4. The zero-order valence-corrected chi connectivity index (χ0v) is 25.2. The van der Waals surface area contributed by atoms with Gasteiger partial charge in [0.1, 0.15) is 47.1 Å². The number of nitriles is 1. The molecule has 5 heterocycles. The van der Waals surface area contributed by atoms with Gasteiger partial charge in [0.05, 0.1) is 39.4 Å². The Kier molecular flexibility index (Phi) is 7.16. The third-order valence-corrected chi connectivity index (χ3v) is 10.2. The minimum Gasteiger partial charge on any atom is -0.486 e. The first-order valence-electron chi connectivity index (χ1n) is 14.3.